The van der Waals surface area contributed by atoms with Gasteiger partial charge in [-0.1, -0.05) is 6.92 Å². The Hall–Kier alpha value is -0.756. The van der Waals surface area contributed by atoms with E-state index in [-0.39, 0.29) is 44.7 Å². The van der Waals surface area contributed by atoms with Gasteiger partial charge in [-0.2, -0.15) is 5.26 Å². The maximum absolute atomic E-state index is 13.3. The summed E-state index contributed by atoms with van der Waals surface area (Å²) in [5.41, 5.74) is 3.44. The molecule has 1 fully saturated rings. The van der Waals surface area contributed by atoms with Crippen LogP contribution in [0.1, 0.15) is 69.1 Å². The van der Waals surface area contributed by atoms with Crippen LogP contribution in [0.4, 0.5) is 5.69 Å². The molecule has 1 radical (unpaired) electrons. The van der Waals surface area contributed by atoms with Gasteiger partial charge in [0.2, 0.25) is 0 Å². The Labute approximate surface area is 190 Å². The number of carbonyl (C=O) groups is 1. The first-order valence-corrected chi connectivity index (χ1v) is 10.2. The van der Waals surface area contributed by atoms with E-state index >= 15 is 0 Å². The van der Waals surface area contributed by atoms with Crippen LogP contribution < -0.4 is 5.32 Å². The monoisotopic (exact) mass is 445 g/mol. The number of carbonyl (C=O) groups excluding carboxylic acids is 1. The quantitative estimate of drug-likeness (QED) is 0.646. The predicted molar refractivity (Wildman–Crippen MR) is 107 cm³/mol. The van der Waals surface area contributed by atoms with Gasteiger partial charge in [0.05, 0.1) is 31.3 Å². The van der Waals surface area contributed by atoms with Gasteiger partial charge in [-0.15, -0.1) is 0 Å². The summed E-state index contributed by atoms with van der Waals surface area (Å²) in [6.07, 6.45) is 6.95. The zero-order valence-electron chi connectivity index (χ0n) is 17.5. The van der Waals surface area contributed by atoms with Gasteiger partial charge < -0.3 is 9.80 Å². The third-order valence-corrected chi connectivity index (χ3v) is 6.02. The van der Waals surface area contributed by atoms with Gasteiger partial charge in [0.25, 0.3) is 5.91 Å². The molecule has 1 unspecified atom stereocenters. The van der Waals surface area contributed by atoms with Crippen molar-refractivity contribution < 1.29 is 42.0 Å². The summed E-state index contributed by atoms with van der Waals surface area (Å²) in [6, 6.07) is 5.91. The standard InChI is InChI=1S/C22H33N3O.Y/c1-5-11-20(25(6-2)12-9-7-8-10-13-25)22(26)24-21-17(3)14-19(16-23)15-18(21)4;/h14-15,20H,5-13H2,1-4H3;/p+1. The van der Waals surface area contributed by atoms with E-state index in [1.165, 1.54) is 25.7 Å². The minimum absolute atomic E-state index is 0. The van der Waals surface area contributed by atoms with E-state index in [2.05, 4.69) is 25.2 Å². The fourth-order valence-corrected chi connectivity index (χ4v) is 4.53. The number of hydrogen-bond acceptors (Lipinski definition) is 2. The fraction of sp³-hybridized carbons (Fsp3) is 0.636. The van der Waals surface area contributed by atoms with Crippen LogP contribution in [-0.2, 0) is 37.5 Å². The molecule has 145 valence electrons. The molecule has 4 nitrogen and oxygen atoms in total. The van der Waals surface area contributed by atoms with Crippen LogP contribution in [0.25, 0.3) is 0 Å². The second kappa shape index (κ2) is 11.3. The molecule has 1 amide bonds. The number of aryl methyl sites for hydroxylation is 2. The molecule has 1 aliphatic heterocycles. The molecular weight excluding hydrogens is 411 g/mol. The number of nitrogens with zero attached hydrogens (tertiary/aromatic N) is 2. The molecule has 1 aromatic rings. The molecule has 0 bridgehead atoms. The summed E-state index contributed by atoms with van der Waals surface area (Å²) >= 11 is 0. The summed E-state index contributed by atoms with van der Waals surface area (Å²) in [5.74, 6) is 0.145. The van der Waals surface area contributed by atoms with Crippen molar-refractivity contribution in [2.75, 3.05) is 25.0 Å². The third kappa shape index (κ3) is 5.86. The Balaban J connectivity index is 0.00000364. The van der Waals surface area contributed by atoms with E-state index in [1.807, 2.05) is 26.0 Å². The smallest absolute Gasteiger partial charge is 0.282 e. The first-order chi connectivity index (χ1) is 12.5. The minimum Gasteiger partial charge on any atom is -0.320 e. The number of hydrogen-bond donors (Lipinski definition) is 1. The molecule has 1 heterocycles. The Morgan fingerprint density at radius 1 is 1.15 bits per heavy atom. The van der Waals surface area contributed by atoms with Gasteiger partial charge in [-0.05, 0) is 76.1 Å². The van der Waals surface area contributed by atoms with Crippen LogP contribution in [0.2, 0.25) is 0 Å². The molecule has 1 N–H and O–H groups in total. The summed E-state index contributed by atoms with van der Waals surface area (Å²) in [7, 11) is 0. The molecule has 1 aromatic carbocycles. The molecule has 5 heteroatoms. The van der Waals surface area contributed by atoms with E-state index in [9.17, 15) is 4.79 Å². The Morgan fingerprint density at radius 3 is 2.15 bits per heavy atom. The van der Waals surface area contributed by atoms with Crippen molar-refractivity contribution in [3.05, 3.63) is 28.8 Å². The largest absolute Gasteiger partial charge is 0.320 e. The summed E-state index contributed by atoms with van der Waals surface area (Å²) in [4.78, 5) is 13.3. The van der Waals surface area contributed by atoms with Gasteiger partial charge in [0.15, 0.2) is 6.04 Å². The average Bonchev–Trinajstić information content (AvgIpc) is 2.88. The number of amides is 1. The fourth-order valence-electron chi connectivity index (χ4n) is 4.53. The minimum atomic E-state index is 0. The summed E-state index contributed by atoms with van der Waals surface area (Å²) in [6.45, 7) is 11.6. The van der Waals surface area contributed by atoms with Crippen LogP contribution in [0.5, 0.6) is 0 Å². The number of likely N-dealkylation sites (N-methyl/N-ethyl adjacent to an activating group) is 1. The first kappa shape index (κ1) is 24.3. The Kier molecular flexibility index (Phi) is 10.2. The number of likely N-dealkylation sites (tertiary alicyclic amines) is 1. The zero-order chi connectivity index (χ0) is 19.2. The number of rotatable bonds is 6. The van der Waals surface area contributed by atoms with E-state index < -0.39 is 0 Å². The molecule has 2 rings (SSSR count). The van der Waals surface area contributed by atoms with Crippen LogP contribution in [-0.4, -0.2) is 36.1 Å². The third-order valence-electron chi connectivity index (χ3n) is 6.02. The van der Waals surface area contributed by atoms with Crippen molar-refractivity contribution >= 4 is 11.6 Å². The van der Waals surface area contributed by atoms with Gasteiger partial charge in [0.1, 0.15) is 0 Å². The molecule has 0 aliphatic carbocycles. The van der Waals surface area contributed by atoms with Crippen LogP contribution in [0.3, 0.4) is 0 Å². The van der Waals surface area contributed by atoms with E-state index in [0.717, 1.165) is 53.8 Å². The van der Waals surface area contributed by atoms with Crippen molar-refractivity contribution in [2.24, 2.45) is 0 Å². The average molecular weight is 445 g/mol. The molecular formula is C22H34N3OY+. The second-order valence-electron chi connectivity index (χ2n) is 7.79. The van der Waals surface area contributed by atoms with Crippen molar-refractivity contribution in [3.8, 4) is 6.07 Å². The number of benzene rings is 1. The van der Waals surface area contributed by atoms with E-state index in [0.29, 0.717) is 5.56 Å². The topological polar surface area (TPSA) is 52.9 Å². The van der Waals surface area contributed by atoms with Gasteiger partial charge in [-0.3, -0.25) is 4.79 Å². The molecule has 0 saturated carbocycles. The number of nitriles is 1. The van der Waals surface area contributed by atoms with Crippen LogP contribution >= 0.6 is 0 Å². The second-order valence-corrected chi connectivity index (χ2v) is 7.79. The predicted octanol–water partition coefficient (Wildman–Crippen LogP) is 4.69. The number of quaternary nitrogens is 1. The van der Waals surface area contributed by atoms with Crippen molar-refractivity contribution in [1.29, 1.82) is 5.26 Å². The molecule has 1 aliphatic rings. The SMILES string of the molecule is CCCC(C(=O)Nc1c(C)cc(C#N)cc1C)[N+]1(CC)CCCCCC1.[Y]. The van der Waals surface area contributed by atoms with Crippen molar-refractivity contribution in [1.82, 2.24) is 0 Å². The van der Waals surface area contributed by atoms with Crippen LogP contribution in [0, 0.1) is 25.2 Å². The summed E-state index contributed by atoms with van der Waals surface area (Å²) < 4.78 is 0.925. The van der Waals surface area contributed by atoms with Gasteiger partial charge in [0, 0.05) is 44.8 Å². The van der Waals surface area contributed by atoms with E-state index in [1.54, 1.807) is 0 Å². The van der Waals surface area contributed by atoms with Gasteiger partial charge in [-0.25, -0.2) is 0 Å². The number of anilines is 1. The molecule has 0 aromatic heterocycles. The Bertz CT molecular complexity index is 650. The van der Waals surface area contributed by atoms with Crippen molar-refractivity contribution in [2.45, 2.75) is 72.3 Å². The number of nitrogens with one attached hydrogen (secondary N) is 1. The summed E-state index contributed by atoms with van der Waals surface area (Å²) in [5, 5.41) is 12.4. The molecule has 1 saturated heterocycles. The maximum atomic E-state index is 13.3. The van der Waals surface area contributed by atoms with Gasteiger partial charge >= 0.3 is 0 Å². The van der Waals surface area contributed by atoms with Crippen molar-refractivity contribution in [3.63, 3.8) is 0 Å². The molecule has 1 atom stereocenters. The maximum Gasteiger partial charge on any atom is 0.282 e. The molecule has 0 spiro atoms. The van der Waals surface area contributed by atoms with E-state index in [4.69, 9.17) is 5.26 Å². The molecule has 27 heavy (non-hydrogen) atoms. The Morgan fingerprint density at radius 2 is 1.70 bits per heavy atom. The first-order valence-electron chi connectivity index (χ1n) is 10.2. The zero-order valence-corrected chi connectivity index (χ0v) is 20.3. The van der Waals surface area contributed by atoms with Crippen LogP contribution in [0.15, 0.2) is 12.1 Å². The normalized spacial score (nSPS) is 17.1.